The van der Waals surface area contributed by atoms with E-state index in [2.05, 4.69) is 5.32 Å². The molecule has 0 unspecified atom stereocenters. The van der Waals surface area contributed by atoms with E-state index >= 15 is 0 Å². The van der Waals surface area contributed by atoms with Crippen molar-refractivity contribution in [1.82, 2.24) is 4.31 Å². The number of hydrogen-bond donors (Lipinski definition) is 1. The van der Waals surface area contributed by atoms with Crippen molar-refractivity contribution in [3.05, 3.63) is 86.9 Å². The standard InChI is InChI=1S/C24H22ClN3O7S2/c1-15-4-7-17(8-5-15)36-22-11-6-16(28(31)32)12-19(22)24(30)35-14-23(29)26-21-13-18(9-10-20(21)25)37(33,34)27(2)3/h4-13H,14H2,1-3H3,(H,26,29). The summed E-state index contributed by atoms with van der Waals surface area (Å²) in [7, 11) is -1.05. The fraction of sp³-hybridized carbons (Fsp3) is 0.167. The Morgan fingerprint density at radius 3 is 2.38 bits per heavy atom. The molecule has 0 atom stereocenters. The first-order valence-electron chi connectivity index (χ1n) is 10.6. The number of carbonyl (C=O) groups excluding carboxylic acids is 2. The number of anilines is 1. The molecule has 0 heterocycles. The van der Waals surface area contributed by atoms with Gasteiger partial charge in [-0.2, -0.15) is 0 Å². The van der Waals surface area contributed by atoms with E-state index in [1.54, 1.807) is 0 Å². The number of nitrogens with one attached hydrogen (secondary N) is 1. The molecule has 10 nitrogen and oxygen atoms in total. The number of non-ortho nitro benzene ring substituents is 1. The second-order valence-corrected chi connectivity index (χ2v) is 11.6. The highest BCUT2D eigenvalue weighted by Crippen LogP contribution is 2.33. The molecule has 0 saturated heterocycles. The number of nitrogens with zero attached hydrogens (tertiary/aromatic N) is 2. The molecular formula is C24H22ClN3O7S2. The predicted octanol–water partition coefficient (Wildman–Crippen LogP) is 4.75. The number of halogens is 1. The minimum absolute atomic E-state index is 0.0107. The zero-order chi connectivity index (χ0) is 27.3. The Bertz CT molecular complexity index is 1460. The Labute approximate surface area is 222 Å². The molecule has 0 aromatic heterocycles. The molecule has 0 bridgehead atoms. The highest BCUT2D eigenvalue weighted by atomic mass is 35.5. The van der Waals surface area contributed by atoms with Gasteiger partial charge >= 0.3 is 5.97 Å². The Hall–Kier alpha value is -3.45. The lowest BCUT2D eigenvalue weighted by Crippen LogP contribution is -2.23. The first-order chi connectivity index (χ1) is 17.4. The van der Waals surface area contributed by atoms with E-state index in [-0.39, 0.29) is 26.9 Å². The van der Waals surface area contributed by atoms with Crippen LogP contribution in [0.3, 0.4) is 0 Å². The van der Waals surface area contributed by atoms with Gasteiger partial charge in [-0.05, 0) is 43.3 Å². The maximum absolute atomic E-state index is 12.8. The summed E-state index contributed by atoms with van der Waals surface area (Å²) in [4.78, 5) is 37.0. The number of carbonyl (C=O) groups is 2. The highest BCUT2D eigenvalue weighted by Gasteiger charge is 2.22. The molecule has 0 aliphatic carbocycles. The van der Waals surface area contributed by atoms with Gasteiger partial charge in [0, 0.05) is 36.0 Å². The molecule has 3 aromatic carbocycles. The Kier molecular flexibility index (Phi) is 8.92. The predicted molar refractivity (Wildman–Crippen MR) is 140 cm³/mol. The zero-order valence-corrected chi connectivity index (χ0v) is 22.3. The average molecular weight is 564 g/mol. The normalized spacial score (nSPS) is 11.3. The van der Waals surface area contributed by atoms with Crippen LogP contribution in [-0.4, -0.2) is 50.2 Å². The van der Waals surface area contributed by atoms with Gasteiger partial charge in [-0.25, -0.2) is 17.5 Å². The molecule has 37 heavy (non-hydrogen) atoms. The van der Waals surface area contributed by atoms with Gasteiger partial charge in [0.25, 0.3) is 11.6 Å². The molecule has 3 rings (SSSR count). The van der Waals surface area contributed by atoms with Crippen molar-refractivity contribution in [2.24, 2.45) is 0 Å². The van der Waals surface area contributed by atoms with Crippen molar-refractivity contribution in [2.75, 3.05) is 26.0 Å². The van der Waals surface area contributed by atoms with Gasteiger partial charge in [-0.3, -0.25) is 14.9 Å². The van der Waals surface area contributed by atoms with E-state index in [1.165, 1.54) is 56.2 Å². The lowest BCUT2D eigenvalue weighted by Gasteiger charge is -2.14. The van der Waals surface area contributed by atoms with Gasteiger partial charge in [-0.1, -0.05) is 41.1 Å². The molecule has 0 aliphatic heterocycles. The van der Waals surface area contributed by atoms with Gasteiger partial charge in [0.1, 0.15) is 0 Å². The molecule has 1 N–H and O–H groups in total. The van der Waals surface area contributed by atoms with E-state index in [0.29, 0.717) is 4.90 Å². The van der Waals surface area contributed by atoms with Crippen molar-refractivity contribution in [3.8, 4) is 0 Å². The number of esters is 1. The molecule has 1 amide bonds. The van der Waals surface area contributed by atoms with Gasteiger partial charge < -0.3 is 10.1 Å². The number of nitro groups is 1. The summed E-state index contributed by atoms with van der Waals surface area (Å²) in [5.41, 5.74) is 0.667. The highest BCUT2D eigenvalue weighted by molar-refractivity contribution is 7.99. The SMILES string of the molecule is Cc1ccc(Sc2ccc([N+](=O)[O-])cc2C(=O)OCC(=O)Nc2cc(S(=O)(=O)N(C)C)ccc2Cl)cc1. The molecule has 0 radical (unpaired) electrons. The molecule has 0 spiro atoms. The van der Waals surface area contributed by atoms with Crippen LogP contribution in [0.15, 0.2) is 75.4 Å². The summed E-state index contributed by atoms with van der Waals surface area (Å²) in [6.07, 6.45) is 0. The lowest BCUT2D eigenvalue weighted by atomic mass is 10.2. The van der Waals surface area contributed by atoms with E-state index < -0.39 is 33.4 Å². The third-order valence-corrected chi connectivity index (χ3v) is 8.19. The average Bonchev–Trinajstić information content (AvgIpc) is 2.85. The fourth-order valence-electron chi connectivity index (χ4n) is 2.98. The van der Waals surface area contributed by atoms with E-state index in [0.717, 1.165) is 20.8 Å². The quantitative estimate of drug-likeness (QED) is 0.224. The first kappa shape index (κ1) is 28.1. The third kappa shape index (κ3) is 7.07. The van der Waals surface area contributed by atoms with Crippen molar-refractivity contribution < 1.29 is 27.7 Å². The Morgan fingerprint density at radius 1 is 1.08 bits per heavy atom. The Balaban J connectivity index is 1.76. The molecule has 13 heteroatoms. The monoisotopic (exact) mass is 563 g/mol. The fourth-order valence-corrected chi connectivity index (χ4v) is 4.99. The summed E-state index contributed by atoms with van der Waals surface area (Å²) in [6, 6.07) is 15.1. The lowest BCUT2D eigenvalue weighted by molar-refractivity contribution is -0.384. The van der Waals surface area contributed by atoms with Crippen LogP contribution in [0.1, 0.15) is 15.9 Å². The number of nitro benzene ring substituents is 1. The van der Waals surface area contributed by atoms with Crippen molar-refractivity contribution in [1.29, 1.82) is 0 Å². The molecular weight excluding hydrogens is 542 g/mol. The van der Waals surface area contributed by atoms with Crippen LogP contribution in [0.4, 0.5) is 11.4 Å². The van der Waals surface area contributed by atoms with Crippen molar-refractivity contribution in [2.45, 2.75) is 21.6 Å². The van der Waals surface area contributed by atoms with Crippen LogP contribution in [0, 0.1) is 17.0 Å². The van der Waals surface area contributed by atoms with Crippen LogP contribution in [0.2, 0.25) is 5.02 Å². The maximum Gasteiger partial charge on any atom is 0.340 e. The molecule has 3 aromatic rings. The minimum Gasteiger partial charge on any atom is -0.452 e. The second kappa shape index (κ2) is 11.7. The number of ether oxygens (including phenoxy) is 1. The number of sulfonamides is 1. The van der Waals surface area contributed by atoms with Gasteiger partial charge in [0.2, 0.25) is 10.0 Å². The van der Waals surface area contributed by atoms with Crippen molar-refractivity contribution in [3.63, 3.8) is 0 Å². The van der Waals surface area contributed by atoms with E-state index in [1.807, 2.05) is 31.2 Å². The zero-order valence-electron chi connectivity index (χ0n) is 19.9. The van der Waals surface area contributed by atoms with Crippen LogP contribution >= 0.6 is 23.4 Å². The molecule has 0 saturated carbocycles. The third-order valence-electron chi connectivity index (χ3n) is 4.97. The van der Waals surface area contributed by atoms with Crippen molar-refractivity contribution >= 4 is 56.6 Å². The van der Waals surface area contributed by atoms with Crippen LogP contribution in [-0.2, 0) is 19.6 Å². The molecule has 194 valence electrons. The van der Waals surface area contributed by atoms with E-state index in [4.69, 9.17) is 16.3 Å². The molecule has 0 fully saturated rings. The van der Waals surface area contributed by atoms with E-state index in [9.17, 15) is 28.1 Å². The summed E-state index contributed by atoms with van der Waals surface area (Å²) in [5.74, 6) is -1.73. The topological polar surface area (TPSA) is 136 Å². The Morgan fingerprint density at radius 2 is 1.76 bits per heavy atom. The van der Waals surface area contributed by atoms with Crippen LogP contribution in [0.5, 0.6) is 0 Å². The van der Waals surface area contributed by atoms with Gasteiger partial charge in [-0.15, -0.1) is 0 Å². The first-order valence-corrected chi connectivity index (χ1v) is 13.2. The summed E-state index contributed by atoms with van der Waals surface area (Å²) < 4.78 is 30.8. The summed E-state index contributed by atoms with van der Waals surface area (Å²) in [6.45, 7) is 1.19. The maximum atomic E-state index is 12.8. The van der Waals surface area contributed by atoms with Crippen LogP contribution < -0.4 is 5.32 Å². The number of hydrogen-bond acceptors (Lipinski definition) is 8. The van der Waals surface area contributed by atoms with Crippen LogP contribution in [0.25, 0.3) is 0 Å². The number of benzene rings is 3. The summed E-state index contributed by atoms with van der Waals surface area (Å²) in [5, 5.41) is 13.7. The number of amides is 1. The largest absolute Gasteiger partial charge is 0.452 e. The minimum atomic E-state index is -3.78. The summed E-state index contributed by atoms with van der Waals surface area (Å²) >= 11 is 7.30. The number of rotatable bonds is 9. The van der Waals surface area contributed by atoms with Gasteiger partial charge in [0.15, 0.2) is 6.61 Å². The molecule has 0 aliphatic rings. The smallest absolute Gasteiger partial charge is 0.340 e. The second-order valence-electron chi connectivity index (χ2n) is 7.91. The van der Waals surface area contributed by atoms with Gasteiger partial charge in [0.05, 0.1) is 26.1 Å². The number of aryl methyl sites for hydroxylation is 1.